The van der Waals surface area contributed by atoms with Gasteiger partial charge in [0.25, 0.3) is 5.69 Å². The van der Waals surface area contributed by atoms with E-state index in [9.17, 15) is 10.1 Å². The summed E-state index contributed by atoms with van der Waals surface area (Å²) in [4.78, 5) is 14.4. The van der Waals surface area contributed by atoms with Crippen molar-refractivity contribution in [1.29, 1.82) is 0 Å². The highest BCUT2D eigenvalue weighted by Gasteiger charge is 2.14. The minimum atomic E-state index is -0.428. The maximum absolute atomic E-state index is 10.8. The molecule has 6 nitrogen and oxygen atoms in total. The van der Waals surface area contributed by atoms with Crippen LogP contribution in [0.15, 0.2) is 23.6 Å². The lowest BCUT2D eigenvalue weighted by molar-refractivity contribution is -0.385. The maximum Gasteiger partial charge on any atom is 0.276 e. The van der Waals surface area contributed by atoms with Crippen molar-refractivity contribution < 1.29 is 9.66 Å². The SMILES string of the molecule is Cc1c(OCc2csc(N)n2)cccc1[N+](=O)[O-]. The Hall–Kier alpha value is -2.15. The third kappa shape index (κ3) is 2.57. The van der Waals surface area contributed by atoms with Gasteiger partial charge in [-0.1, -0.05) is 6.07 Å². The van der Waals surface area contributed by atoms with E-state index >= 15 is 0 Å². The van der Waals surface area contributed by atoms with Crippen LogP contribution in [-0.4, -0.2) is 9.91 Å². The topological polar surface area (TPSA) is 91.3 Å². The summed E-state index contributed by atoms with van der Waals surface area (Å²) < 4.78 is 5.51. The number of nitrogen functional groups attached to an aromatic ring is 1. The molecule has 1 heterocycles. The van der Waals surface area contributed by atoms with Gasteiger partial charge in [-0.05, 0) is 13.0 Å². The number of hydrogen-bond donors (Lipinski definition) is 1. The molecule has 0 atom stereocenters. The van der Waals surface area contributed by atoms with Crippen molar-refractivity contribution in [2.24, 2.45) is 0 Å². The summed E-state index contributed by atoms with van der Waals surface area (Å²) in [5.74, 6) is 0.482. The van der Waals surface area contributed by atoms with E-state index in [0.717, 1.165) is 0 Å². The van der Waals surface area contributed by atoms with E-state index in [2.05, 4.69) is 4.98 Å². The predicted molar refractivity (Wildman–Crippen MR) is 68.7 cm³/mol. The Balaban J connectivity index is 2.14. The van der Waals surface area contributed by atoms with Crippen molar-refractivity contribution in [3.05, 3.63) is 45.0 Å². The molecule has 0 fully saturated rings. The number of nitrogens with zero attached hydrogens (tertiary/aromatic N) is 2. The molecule has 0 saturated carbocycles. The molecule has 0 bridgehead atoms. The number of aromatic nitrogens is 1. The third-order valence-electron chi connectivity index (χ3n) is 2.40. The van der Waals surface area contributed by atoms with Crippen LogP contribution < -0.4 is 10.5 Å². The molecule has 0 aliphatic heterocycles. The summed E-state index contributed by atoms with van der Waals surface area (Å²) in [6.07, 6.45) is 0. The van der Waals surface area contributed by atoms with E-state index in [0.29, 0.717) is 22.1 Å². The largest absolute Gasteiger partial charge is 0.487 e. The van der Waals surface area contributed by atoms with E-state index in [1.165, 1.54) is 17.4 Å². The fourth-order valence-electron chi connectivity index (χ4n) is 1.50. The lowest BCUT2D eigenvalue weighted by atomic mass is 10.2. The summed E-state index contributed by atoms with van der Waals surface area (Å²) in [5.41, 5.74) is 6.77. The molecule has 0 radical (unpaired) electrons. The smallest absolute Gasteiger partial charge is 0.276 e. The van der Waals surface area contributed by atoms with Crippen LogP contribution in [0.25, 0.3) is 0 Å². The van der Waals surface area contributed by atoms with Crippen LogP contribution in [0, 0.1) is 17.0 Å². The summed E-state index contributed by atoms with van der Waals surface area (Å²) in [6, 6.07) is 4.73. The third-order valence-corrected chi connectivity index (χ3v) is 3.12. The van der Waals surface area contributed by atoms with Crippen LogP contribution in [0.1, 0.15) is 11.3 Å². The quantitative estimate of drug-likeness (QED) is 0.677. The molecule has 0 aliphatic rings. The first-order valence-electron chi connectivity index (χ1n) is 5.14. The molecular formula is C11H11N3O3S. The van der Waals surface area contributed by atoms with Crippen molar-refractivity contribution in [3.8, 4) is 5.75 Å². The molecule has 18 heavy (non-hydrogen) atoms. The second-order valence-electron chi connectivity index (χ2n) is 3.62. The van der Waals surface area contributed by atoms with Crippen LogP contribution in [0.3, 0.4) is 0 Å². The summed E-state index contributed by atoms with van der Waals surface area (Å²) in [6.45, 7) is 1.90. The lowest BCUT2D eigenvalue weighted by Crippen LogP contribution is -2.00. The summed E-state index contributed by atoms with van der Waals surface area (Å²) in [5, 5.41) is 13.0. The minimum absolute atomic E-state index is 0.0466. The molecule has 2 aromatic rings. The number of hydrogen-bond acceptors (Lipinski definition) is 6. The summed E-state index contributed by atoms with van der Waals surface area (Å²) in [7, 11) is 0. The molecule has 7 heteroatoms. The monoisotopic (exact) mass is 265 g/mol. The number of thiazole rings is 1. The number of nitro benzene ring substituents is 1. The van der Waals surface area contributed by atoms with Gasteiger partial charge in [0.05, 0.1) is 16.2 Å². The average molecular weight is 265 g/mol. The van der Waals surface area contributed by atoms with Crippen LogP contribution in [0.5, 0.6) is 5.75 Å². The van der Waals surface area contributed by atoms with Gasteiger partial charge in [0, 0.05) is 11.4 Å². The Kier molecular flexibility index (Phi) is 3.42. The van der Waals surface area contributed by atoms with Gasteiger partial charge < -0.3 is 10.5 Å². The Morgan fingerprint density at radius 2 is 2.33 bits per heavy atom. The highest BCUT2D eigenvalue weighted by molar-refractivity contribution is 7.13. The van der Waals surface area contributed by atoms with E-state index in [1.54, 1.807) is 24.4 Å². The second-order valence-corrected chi connectivity index (χ2v) is 4.51. The van der Waals surface area contributed by atoms with Gasteiger partial charge in [-0.15, -0.1) is 11.3 Å². The first-order chi connectivity index (χ1) is 8.58. The first kappa shape index (κ1) is 12.3. The van der Waals surface area contributed by atoms with Crippen molar-refractivity contribution >= 4 is 22.2 Å². The fourth-order valence-corrected chi connectivity index (χ4v) is 2.05. The second kappa shape index (κ2) is 5.01. The van der Waals surface area contributed by atoms with Gasteiger partial charge in [0.1, 0.15) is 12.4 Å². The number of anilines is 1. The van der Waals surface area contributed by atoms with E-state index in [4.69, 9.17) is 10.5 Å². The van der Waals surface area contributed by atoms with Crippen molar-refractivity contribution in [3.63, 3.8) is 0 Å². The lowest BCUT2D eigenvalue weighted by Gasteiger charge is -2.07. The fraction of sp³-hybridized carbons (Fsp3) is 0.182. The first-order valence-corrected chi connectivity index (χ1v) is 6.02. The zero-order valence-electron chi connectivity index (χ0n) is 9.62. The molecule has 94 valence electrons. The van der Waals surface area contributed by atoms with E-state index in [1.807, 2.05) is 0 Å². The Morgan fingerprint density at radius 3 is 2.94 bits per heavy atom. The predicted octanol–water partition coefficient (Wildman–Crippen LogP) is 2.52. The number of benzene rings is 1. The van der Waals surface area contributed by atoms with E-state index < -0.39 is 4.92 Å². The van der Waals surface area contributed by atoms with Crippen LogP contribution in [0.2, 0.25) is 0 Å². The highest BCUT2D eigenvalue weighted by Crippen LogP contribution is 2.27. The van der Waals surface area contributed by atoms with Crippen LogP contribution in [0.4, 0.5) is 10.8 Å². The Labute approximate surface area is 107 Å². The van der Waals surface area contributed by atoms with Gasteiger partial charge in [-0.2, -0.15) is 0 Å². The maximum atomic E-state index is 10.8. The van der Waals surface area contributed by atoms with Crippen LogP contribution >= 0.6 is 11.3 Å². The Bertz CT molecular complexity index is 583. The normalized spacial score (nSPS) is 10.3. The zero-order chi connectivity index (χ0) is 13.1. The number of rotatable bonds is 4. The average Bonchev–Trinajstić information content (AvgIpc) is 2.73. The number of nitrogens with two attached hydrogens (primary N) is 1. The molecule has 2 N–H and O–H groups in total. The highest BCUT2D eigenvalue weighted by atomic mass is 32.1. The minimum Gasteiger partial charge on any atom is -0.487 e. The van der Waals surface area contributed by atoms with Crippen molar-refractivity contribution in [1.82, 2.24) is 4.98 Å². The molecule has 0 saturated heterocycles. The number of nitro groups is 1. The van der Waals surface area contributed by atoms with Gasteiger partial charge in [0.15, 0.2) is 5.13 Å². The molecule has 0 spiro atoms. The summed E-state index contributed by atoms with van der Waals surface area (Å²) >= 11 is 1.33. The molecular weight excluding hydrogens is 254 g/mol. The van der Waals surface area contributed by atoms with Crippen LogP contribution in [-0.2, 0) is 6.61 Å². The molecule has 1 aromatic heterocycles. The number of ether oxygens (including phenoxy) is 1. The van der Waals surface area contributed by atoms with Gasteiger partial charge in [0.2, 0.25) is 0 Å². The zero-order valence-corrected chi connectivity index (χ0v) is 10.4. The molecule has 1 aromatic carbocycles. The van der Waals surface area contributed by atoms with Gasteiger partial charge in [-0.25, -0.2) is 4.98 Å². The Morgan fingerprint density at radius 1 is 1.56 bits per heavy atom. The van der Waals surface area contributed by atoms with E-state index in [-0.39, 0.29) is 12.3 Å². The van der Waals surface area contributed by atoms with Crippen molar-refractivity contribution in [2.75, 3.05) is 5.73 Å². The van der Waals surface area contributed by atoms with Crippen molar-refractivity contribution in [2.45, 2.75) is 13.5 Å². The van der Waals surface area contributed by atoms with Gasteiger partial charge >= 0.3 is 0 Å². The molecule has 0 amide bonds. The molecule has 2 rings (SSSR count). The molecule has 0 aliphatic carbocycles. The van der Waals surface area contributed by atoms with Gasteiger partial charge in [-0.3, -0.25) is 10.1 Å². The molecule has 0 unspecified atom stereocenters. The standard InChI is InChI=1S/C11H11N3O3S/c1-7-9(14(15)16)3-2-4-10(7)17-5-8-6-18-11(12)13-8/h2-4,6H,5H2,1H3,(H2,12,13).